The summed E-state index contributed by atoms with van der Waals surface area (Å²) in [6.07, 6.45) is 1.73. The molecule has 118 valence electrons. The summed E-state index contributed by atoms with van der Waals surface area (Å²) < 4.78 is 29.0. The van der Waals surface area contributed by atoms with E-state index in [9.17, 15) is 13.6 Å². The number of rotatable bonds is 5. The molecule has 1 fully saturated rings. The minimum Gasteiger partial charge on any atom is -0.434 e. The van der Waals surface area contributed by atoms with Crippen LogP contribution in [0.3, 0.4) is 0 Å². The van der Waals surface area contributed by atoms with Crippen molar-refractivity contribution >= 4 is 29.9 Å². The summed E-state index contributed by atoms with van der Waals surface area (Å²) in [4.78, 5) is 11.8. The van der Waals surface area contributed by atoms with Crippen molar-refractivity contribution in [3.05, 3.63) is 28.8 Å². The van der Waals surface area contributed by atoms with E-state index in [-0.39, 0.29) is 36.7 Å². The zero-order valence-electron chi connectivity index (χ0n) is 11.1. The fourth-order valence-electron chi connectivity index (χ4n) is 2.11. The van der Waals surface area contributed by atoms with E-state index >= 15 is 0 Å². The third kappa shape index (κ3) is 5.30. The molecule has 4 nitrogen and oxygen atoms in total. The number of hydrogen-bond donors (Lipinski definition) is 2. The molecule has 0 bridgehead atoms. The van der Waals surface area contributed by atoms with Crippen molar-refractivity contribution in [2.24, 2.45) is 0 Å². The molecular formula is C13H16Cl2F2N2O2. The van der Waals surface area contributed by atoms with E-state index in [0.717, 1.165) is 19.4 Å². The highest BCUT2D eigenvalue weighted by molar-refractivity contribution is 6.30. The normalized spacial score (nSPS) is 17.4. The predicted octanol–water partition coefficient (Wildman–Crippen LogP) is 2.73. The van der Waals surface area contributed by atoms with Crippen LogP contribution < -0.4 is 15.4 Å². The van der Waals surface area contributed by atoms with Crippen LogP contribution in [0.2, 0.25) is 5.02 Å². The average molecular weight is 341 g/mol. The van der Waals surface area contributed by atoms with Gasteiger partial charge in [-0.2, -0.15) is 8.78 Å². The molecule has 1 amide bonds. The number of alkyl halides is 2. The van der Waals surface area contributed by atoms with E-state index in [4.69, 9.17) is 11.6 Å². The molecule has 8 heteroatoms. The molecule has 1 atom stereocenters. The van der Waals surface area contributed by atoms with E-state index in [0.29, 0.717) is 10.6 Å². The van der Waals surface area contributed by atoms with E-state index in [1.54, 1.807) is 0 Å². The lowest BCUT2D eigenvalue weighted by Crippen LogP contribution is -2.40. The Morgan fingerprint density at radius 1 is 1.52 bits per heavy atom. The molecule has 21 heavy (non-hydrogen) atoms. The van der Waals surface area contributed by atoms with Crippen LogP contribution in [0.1, 0.15) is 18.4 Å². The zero-order valence-corrected chi connectivity index (χ0v) is 12.6. The molecule has 2 rings (SSSR count). The van der Waals surface area contributed by atoms with Gasteiger partial charge in [-0.1, -0.05) is 11.6 Å². The van der Waals surface area contributed by atoms with Crippen molar-refractivity contribution in [2.75, 3.05) is 6.54 Å². The van der Waals surface area contributed by atoms with Crippen molar-refractivity contribution in [1.82, 2.24) is 10.6 Å². The van der Waals surface area contributed by atoms with Crippen molar-refractivity contribution in [3.8, 4) is 5.75 Å². The first-order valence-electron chi connectivity index (χ1n) is 6.30. The van der Waals surface area contributed by atoms with Crippen LogP contribution in [0, 0.1) is 0 Å². The number of nitrogens with one attached hydrogen (secondary N) is 2. The van der Waals surface area contributed by atoms with Gasteiger partial charge in [-0.3, -0.25) is 4.79 Å². The van der Waals surface area contributed by atoms with Gasteiger partial charge in [0.05, 0.1) is 6.04 Å². The molecule has 0 saturated carbocycles. The Morgan fingerprint density at radius 3 is 2.90 bits per heavy atom. The standard InChI is InChI=1S/C13H15ClF2N2O2.ClH/c14-9-3-4-11(20-13(15)16)8(6-9)7-18-12(19)10-2-1-5-17-10;/h3-4,6,10,13,17H,1-2,5,7H2,(H,18,19);1H. The molecule has 1 aliphatic rings. The molecule has 0 aliphatic carbocycles. The quantitative estimate of drug-likeness (QED) is 0.866. The van der Waals surface area contributed by atoms with Crippen LogP contribution in [0.5, 0.6) is 5.75 Å². The molecule has 1 aromatic rings. The number of amides is 1. The first-order valence-corrected chi connectivity index (χ1v) is 6.68. The summed E-state index contributed by atoms with van der Waals surface area (Å²) in [7, 11) is 0. The summed E-state index contributed by atoms with van der Waals surface area (Å²) in [5, 5.41) is 6.16. The van der Waals surface area contributed by atoms with Gasteiger partial charge in [0.2, 0.25) is 5.91 Å². The molecule has 1 unspecified atom stereocenters. The second-order valence-corrected chi connectivity index (χ2v) is 4.93. The smallest absolute Gasteiger partial charge is 0.387 e. The number of halogens is 4. The Labute approximate surface area is 132 Å². The topological polar surface area (TPSA) is 50.4 Å². The molecule has 1 aliphatic heterocycles. The van der Waals surface area contributed by atoms with Crippen LogP contribution in [-0.4, -0.2) is 25.1 Å². The lowest BCUT2D eigenvalue weighted by Gasteiger charge is -2.14. The van der Waals surface area contributed by atoms with Crippen molar-refractivity contribution in [2.45, 2.75) is 32.0 Å². The van der Waals surface area contributed by atoms with Crippen LogP contribution in [0.25, 0.3) is 0 Å². The lowest BCUT2D eigenvalue weighted by molar-refractivity contribution is -0.122. The minimum absolute atomic E-state index is 0. The maximum absolute atomic E-state index is 12.3. The van der Waals surface area contributed by atoms with E-state index < -0.39 is 6.61 Å². The first-order chi connectivity index (χ1) is 9.56. The SMILES string of the molecule is Cl.O=C(NCc1cc(Cl)ccc1OC(F)F)C1CCCN1. The highest BCUT2D eigenvalue weighted by atomic mass is 35.5. The van der Waals surface area contributed by atoms with Gasteiger partial charge in [0.25, 0.3) is 0 Å². The predicted molar refractivity (Wildman–Crippen MR) is 78.2 cm³/mol. The summed E-state index contributed by atoms with van der Waals surface area (Å²) in [6.45, 7) is -2.00. The number of benzene rings is 1. The van der Waals surface area contributed by atoms with Crippen LogP contribution in [0.4, 0.5) is 8.78 Å². The van der Waals surface area contributed by atoms with E-state index in [2.05, 4.69) is 15.4 Å². The molecule has 0 aromatic heterocycles. The molecule has 1 saturated heterocycles. The van der Waals surface area contributed by atoms with Crippen LogP contribution >= 0.6 is 24.0 Å². The average Bonchev–Trinajstić information content (AvgIpc) is 2.92. The van der Waals surface area contributed by atoms with Crippen molar-refractivity contribution in [3.63, 3.8) is 0 Å². The van der Waals surface area contributed by atoms with Crippen molar-refractivity contribution < 1.29 is 18.3 Å². The number of hydrogen-bond acceptors (Lipinski definition) is 3. The van der Waals surface area contributed by atoms with Gasteiger partial charge in [0, 0.05) is 17.1 Å². The Bertz CT molecular complexity index is 483. The summed E-state index contributed by atoms with van der Waals surface area (Å²) in [6, 6.07) is 4.11. The van der Waals surface area contributed by atoms with Gasteiger partial charge in [0.15, 0.2) is 0 Å². The largest absolute Gasteiger partial charge is 0.434 e. The summed E-state index contributed by atoms with van der Waals surface area (Å²) >= 11 is 5.83. The fourth-order valence-corrected chi connectivity index (χ4v) is 2.31. The van der Waals surface area contributed by atoms with Gasteiger partial charge in [0.1, 0.15) is 5.75 Å². The van der Waals surface area contributed by atoms with E-state index in [1.165, 1.54) is 18.2 Å². The highest BCUT2D eigenvalue weighted by Crippen LogP contribution is 2.24. The monoisotopic (exact) mass is 340 g/mol. The first kappa shape index (κ1) is 17.9. The van der Waals surface area contributed by atoms with Crippen LogP contribution in [-0.2, 0) is 11.3 Å². The van der Waals surface area contributed by atoms with Gasteiger partial charge < -0.3 is 15.4 Å². The Kier molecular flexibility index (Phi) is 7.14. The van der Waals surface area contributed by atoms with Crippen LogP contribution in [0.15, 0.2) is 18.2 Å². The Morgan fingerprint density at radius 2 is 2.29 bits per heavy atom. The number of carbonyl (C=O) groups excluding carboxylic acids is 1. The lowest BCUT2D eigenvalue weighted by atomic mass is 10.1. The second-order valence-electron chi connectivity index (χ2n) is 4.50. The summed E-state index contributed by atoms with van der Waals surface area (Å²) in [5.74, 6) is -0.130. The highest BCUT2D eigenvalue weighted by Gasteiger charge is 2.22. The Balaban J connectivity index is 0.00000220. The van der Waals surface area contributed by atoms with Gasteiger partial charge in [-0.25, -0.2) is 0 Å². The zero-order chi connectivity index (χ0) is 14.5. The molecule has 0 spiro atoms. The minimum atomic E-state index is -2.91. The molecule has 2 N–H and O–H groups in total. The van der Waals surface area contributed by atoms with Crippen molar-refractivity contribution in [1.29, 1.82) is 0 Å². The third-order valence-corrected chi connectivity index (χ3v) is 3.30. The molecule has 0 radical (unpaired) electrons. The summed E-state index contributed by atoms with van der Waals surface area (Å²) in [5.41, 5.74) is 0.421. The molecular weight excluding hydrogens is 325 g/mol. The Hall–Kier alpha value is -1.11. The van der Waals surface area contributed by atoms with Gasteiger partial charge in [-0.05, 0) is 37.6 Å². The van der Waals surface area contributed by atoms with E-state index in [1.807, 2.05) is 0 Å². The maximum atomic E-state index is 12.3. The third-order valence-electron chi connectivity index (χ3n) is 3.07. The maximum Gasteiger partial charge on any atom is 0.387 e. The number of ether oxygens (including phenoxy) is 1. The van der Waals surface area contributed by atoms with Gasteiger partial charge in [-0.15, -0.1) is 12.4 Å². The second kappa shape index (κ2) is 8.36. The fraction of sp³-hybridized carbons (Fsp3) is 0.462. The molecule has 1 heterocycles. The number of carbonyl (C=O) groups is 1. The molecule has 1 aromatic carbocycles. The van der Waals surface area contributed by atoms with Gasteiger partial charge >= 0.3 is 6.61 Å².